The van der Waals surface area contributed by atoms with Gasteiger partial charge < -0.3 is 9.47 Å². The summed E-state index contributed by atoms with van der Waals surface area (Å²) in [6.45, 7) is 0. The van der Waals surface area contributed by atoms with Gasteiger partial charge in [0.25, 0.3) is 0 Å². The van der Waals surface area contributed by atoms with E-state index in [-0.39, 0.29) is 0 Å². The summed E-state index contributed by atoms with van der Waals surface area (Å²) >= 11 is 1.85. The van der Waals surface area contributed by atoms with Crippen molar-refractivity contribution in [2.75, 3.05) is 4.90 Å². The molecule has 6 aromatic carbocycles. The average molecular weight is 532 g/mol. The lowest BCUT2D eigenvalue weighted by atomic mass is 9.96. The maximum atomic E-state index is 6.45. The van der Waals surface area contributed by atoms with Gasteiger partial charge in [-0.1, -0.05) is 78.9 Å². The fraction of sp³-hybridized carbons (Fsp3) is 0. The van der Waals surface area contributed by atoms with E-state index in [4.69, 9.17) is 9.47 Å². The second kappa shape index (κ2) is 8.22. The summed E-state index contributed by atoms with van der Waals surface area (Å²) in [6, 6.07) is 44.7. The molecule has 0 saturated carbocycles. The van der Waals surface area contributed by atoms with Crippen molar-refractivity contribution in [2.45, 2.75) is 0 Å². The van der Waals surface area contributed by atoms with Crippen molar-refractivity contribution in [1.29, 1.82) is 0 Å². The van der Waals surface area contributed by atoms with Crippen molar-refractivity contribution < 1.29 is 9.47 Å². The third-order valence-electron chi connectivity index (χ3n) is 7.85. The van der Waals surface area contributed by atoms with Gasteiger partial charge in [0.15, 0.2) is 23.0 Å². The highest BCUT2D eigenvalue weighted by molar-refractivity contribution is 7.25. The molecule has 0 fully saturated rings. The number of para-hydroxylation sites is 4. The molecule has 40 heavy (non-hydrogen) atoms. The van der Waals surface area contributed by atoms with E-state index in [1.807, 2.05) is 47.7 Å². The van der Waals surface area contributed by atoms with Crippen molar-refractivity contribution in [2.24, 2.45) is 0 Å². The predicted octanol–water partition coefficient (Wildman–Crippen LogP) is 11.1. The number of benzene rings is 6. The highest BCUT2D eigenvalue weighted by atomic mass is 32.1. The first-order valence-electron chi connectivity index (χ1n) is 13.3. The SMILES string of the molecule is c1ccc2c(c1)Oc1cc(-c3ccc(-c4cccc5sc6ccccc6c45)cc3)cc3c1N2c1ccccc1O3. The zero-order valence-electron chi connectivity index (χ0n) is 21.3. The van der Waals surface area contributed by atoms with Crippen molar-refractivity contribution in [3.63, 3.8) is 0 Å². The highest BCUT2D eigenvalue weighted by Crippen LogP contribution is 2.60. The summed E-state index contributed by atoms with van der Waals surface area (Å²) < 4.78 is 15.5. The molecule has 1 aromatic heterocycles. The van der Waals surface area contributed by atoms with Gasteiger partial charge in [0.05, 0.1) is 11.4 Å². The highest BCUT2D eigenvalue weighted by Gasteiger charge is 2.34. The van der Waals surface area contributed by atoms with Crippen LogP contribution >= 0.6 is 11.3 Å². The maximum absolute atomic E-state index is 6.45. The van der Waals surface area contributed by atoms with Crippen molar-refractivity contribution >= 4 is 48.6 Å². The molecule has 0 atom stereocenters. The Kier molecular flexibility index (Phi) is 4.48. The van der Waals surface area contributed by atoms with Crippen molar-refractivity contribution in [1.82, 2.24) is 0 Å². The van der Waals surface area contributed by atoms with Crippen molar-refractivity contribution in [3.05, 3.63) is 127 Å². The third-order valence-corrected chi connectivity index (χ3v) is 8.98. The van der Waals surface area contributed by atoms with Gasteiger partial charge in [-0.25, -0.2) is 0 Å². The molecule has 9 rings (SSSR count). The molecule has 0 amide bonds. The van der Waals surface area contributed by atoms with Crippen LogP contribution in [0.2, 0.25) is 0 Å². The topological polar surface area (TPSA) is 21.7 Å². The van der Waals surface area contributed by atoms with Gasteiger partial charge in [0, 0.05) is 20.2 Å². The minimum atomic E-state index is 0.791. The predicted molar refractivity (Wildman–Crippen MR) is 165 cm³/mol. The molecule has 0 aliphatic carbocycles. The number of ether oxygens (including phenoxy) is 2. The Morgan fingerprint density at radius 2 is 1.07 bits per heavy atom. The molecule has 0 radical (unpaired) electrons. The summed E-state index contributed by atoms with van der Waals surface area (Å²) in [7, 11) is 0. The lowest BCUT2D eigenvalue weighted by Gasteiger charge is -2.38. The number of hydrogen-bond acceptors (Lipinski definition) is 4. The number of nitrogens with zero attached hydrogens (tertiary/aromatic N) is 1. The first-order chi connectivity index (χ1) is 19.8. The van der Waals surface area contributed by atoms with E-state index >= 15 is 0 Å². The van der Waals surface area contributed by atoms with Crippen molar-refractivity contribution in [3.8, 4) is 45.3 Å². The second-order valence-corrected chi connectivity index (χ2v) is 11.2. The zero-order valence-corrected chi connectivity index (χ0v) is 22.1. The third kappa shape index (κ3) is 3.11. The average Bonchev–Trinajstić information content (AvgIpc) is 3.40. The number of anilines is 3. The Bertz CT molecular complexity index is 2060. The normalized spacial score (nSPS) is 12.8. The molecule has 0 spiro atoms. The summed E-state index contributed by atoms with van der Waals surface area (Å²) in [4.78, 5) is 2.25. The number of rotatable bonds is 2. The first kappa shape index (κ1) is 21.8. The Balaban J connectivity index is 1.17. The number of hydrogen-bond donors (Lipinski definition) is 0. The summed E-state index contributed by atoms with van der Waals surface area (Å²) in [5.41, 5.74) is 7.60. The minimum absolute atomic E-state index is 0.791. The van der Waals surface area contributed by atoms with Crippen LogP contribution in [-0.4, -0.2) is 0 Å². The van der Waals surface area contributed by atoms with Gasteiger partial charge in [-0.3, -0.25) is 4.90 Å². The van der Waals surface area contributed by atoms with Gasteiger partial charge >= 0.3 is 0 Å². The fourth-order valence-corrected chi connectivity index (χ4v) is 7.18. The van der Waals surface area contributed by atoms with Gasteiger partial charge in [0.1, 0.15) is 5.69 Å². The molecular formula is C36H21NO2S. The first-order valence-corrected chi connectivity index (χ1v) is 14.2. The molecule has 0 saturated heterocycles. The Morgan fingerprint density at radius 1 is 0.475 bits per heavy atom. The molecule has 3 nitrogen and oxygen atoms in total. The van der Waals surface area contributed by atoms with Crippen LogP contribution in [0.15, 0.2) is 127 Å². The van der Waals surface area contributed by atoms with Gasteiger partial charge in [-0.05, 0) is 70.8 Å². The standard InChI is InChI=1S/C36H21NO2S/c1-6-14-33-26(8-1)35-25(9-7-15-34(35)40-33)23-18-16-22(17-19-23)24-20-31-36-32(21-24)39-30-13-5-3-11-28(30)37(36)27-10-2-4-12-29(27)38-31/h1-21H. The van der Waals surface area contributed by atoms with E-state index < -0.39 is 0 Å². The summed E-state index contributed by atoms with van der Waals surface area (Å²) in [5.74, 6) is 3.25. The molecule has 0 bridgehead atoms. The van der Waals surface area contributed by atoms with Crippen LogP contribution in [0, 0.1) is 0 Å². The van der Waals surface area contributed by atoms with E-state index in [9.17, 15) is 0 Å². The molecule has 0 N–H and O–H groups in total. The second-order valence-electron chi connectivity index (χ2n) is 10.2. The van der Waals surface area contributed by atoms with E-state index in [1.165, 1.54) is 31.3 Å². The van der Waals surface area contributed by atoms with E-state index in [0.717, 1.165) is 51.2 Å². The van der Waals surface area contributed by atoms with Crippen LogP contribution in [0.5, 0.6) is 23.0 Å². The molecular weight excluding hydrogens is 510 g/mol. The van der Waals surface area contributed by atoms with E-state index in [1.54, 1.807) is 0 Å². The van der Waals surface area contributed by atoms with E-state index in [0.29, 0.717) is 0 Å². The summed E-state index contributed by atoms with van der Waals surface area (Å²) in [6.07, 6.45) is 0. The molecule has 2 aliphatic rings. The minimum Gasteiger partial charge on any atom is -0.453 e. The molecule has 3 heterocycles. The molecule has 4 heteroatoms. The zero-order chi connectivity index (χ0) is 26.2. The number of thiophene rings is 1. The van der Waals surface area contributed by atoms with Crippen LogP contribution in [0.4, 0.5) is 17.1 Å². The molecule has 0 unspecified atom stereocenters. The van der Waals surface area contributed by atoms with Gasteiger partial charge in [-0.15, -0.1) is 11.3 Å². The van der Waals surface area contributed by atoms with Gasteiger partial charge in [-0.2, -0.15) is 0 Å². The smallest absolute Gasteiger partial charge is 0.156 e. The monoisotopic (exact) mass is 531 g/mol. The van der Waals surface area contributed by atoms with Crippen LogP contribution in [-0.2, 0) is 0 Å². The van der Waals surface area contributed by atoms with Crippen LogP contribution in [0.3, 0.4) is 0 Å². The van der Waals surface area contributed by atoms with Gasteiger partial charge in [0.2, 0.25) is 0 Å². The van der Waals surface area contributed by atoms with Crippen LogP contribution in [0.1, 0.15) is 0 Å². The Morgan fingerprint density at radius 3 is 1.80 bits per heavy atom. The Hall–Kier alpha value is -5.06. The molecule has 188 valence electrons. The molecule has 7 aromatic rings. The van der Waals surface area contributed by atoms with E-state index in [2.05, 4.69) is 95.9 Å². The Labute approximate surface area is 235 Å². The lowest BCUT2D eigenvalue weighted by Crippen LogP contribution is -2.20. The van der Waals surface area contributed by atoms with Crippen LogP contribution < -0.4 is 14.4 Å². The summed E-state index contributed by atoms with van der Waals surface area (Å²) in [5, 5.41) is 2.64. The number of fused-ring (bicyclic) bond motifs is 7. The fourth-order valence-electron chi connectivity index (χ4n) is 6.05. The quantitative estimate of drug-likeness (QED) is 0.221. The largest absolute Gasteiger partial charge is 0.453 e. The maximum Gasteiger partial charge on any atom is 0.156 e. The molecule has 2 aliphatic heterocycles. The lowest BCUT2D eigenvalue weighted by molar-refractivity contribution is 0.446. The van der Waals surface area contributed by atoms with Crippen LogP contribution in [0.25, 0.3) is 42.4 Å².